The number of nitrogens with zero attached hydrogens (tertiary/aromatic N) is 2. The van der Waals surface area contributed by atoms with Gasteiger partial charge in [0.25, 0.3) is 0 Å². The van der Waals surface area contributed by atoms with Crippen molar-refractivity contribution in [3.63, 3.8) is 0 Å². The second-order valence-corrected chi connectivity index (χ2v) is 7.13. The highest BCUT2D eigenvalue weighted by molar-refractivity contribution is 4.92. The minimum Gasteiger partial charge on any atom is -0.309 e. The summed E-state index contributed by atoms with van der Waals surface area (Å²) in [6, 6.07) is 0.747. The quantitative estimate of drug-likeness (QED) is 0.842. The number of piperidine rings is 1. The molecule has 19 heavy (non-hydrogen) atoms. The maximum absolute atomic E-state index is 3.69. The molecular formula is C16H33N3. The molecule has 3 nitrogen and oxygen atoms in total. The Balaban J connectivity index is 1.85. The van der Waals surface area contributed by atoms with Crippen LogP contribution in [0.25, 0.3) is 0 Å². The zero-order valence-electron chi connectivity index (χ0n) is 13.4. The molecule has 1 atom stereocenters. The first-order valence-electron chi connectivity index (χ1n) is 8.25. The molecular weight excluding hydrogens is 234 g/mol. The van der Waals surface area contributed by atoms with Crippen molar-refractivity contribution in [2.24, 2.45) is 5.92 Å². The van der Waals surface area contributed by atoms with Crippen molar-refractivity contribution in [2.75, 3.05) is 39.3 Å². The molecule has 0 saturated carbocycles. The van der Waals surface area contributed by atoms with Crippen LogP contribution in [0.3, 0.4) is 0 Å². The van der Waals surface area contributed by atoms with Crippen molar-refractivity contribution in [2.45, 2.75) is 58.5 Å². The van der Waals surface area contributed by atoms with Crippen LogP contribution < -0.4 is 5.32 Å². The van der Waals surface area contributed by atoms with Gasteiger partial charge in [-0.2, -0.15) is 0 Å². The van der Waals surface area contributed by atoms with E-state index in [4.69, 9.17) is 0 Å². The zero-order valence-corrected chi connectivity index (χ0v) is 13.4. The molecule has 0 amide bonds. The summed E-state index contributed by atoms with van der Waals surface area (Å²) in [5, 5.41) is 3.69. The molecule has 1 N–H and O–H groups in total. The lowest BCUT2D eigenvalue weighted by atomic mass is 9.92. The fourth-order valence-corrected chi connectivity index (χ4v) is 3.65. The molecule has 2 fully saturated rings. The van der Waals surface area contributed by atoms with Gasteiger partial charge in [-0.3, -0.25) is 4.90 Å². The summed E-state index contributed by atoms with van der Waals surface area (Å²) in [4.78, 5) is 5.36. The van der Waals surface area contributed by atoms with Crippen LogP contribution in [0.2, 0.25) is 0 Å². The van der Waals surface area contributed by atoms with Gasteiger partial charge in [0.1, 0.15) is 0 Å². The Morgan fingerprint density at radius 2 is 1.84 bits per heavy atom. The Bertz CT molecular complexity index is 269. The monoisotopic (exact) mass is 267 g/mol. The molecule has 0 spiro atoms. The van der Waals surface area contributed by atoms with E-state index in [1.54, 1.807) is 0 Å². The molecule has 2 rings (SSSR count). The molecule has 0 radical (unpaired) electrons. The number of hydrogen-bond donors (Lipinski definition) is 1. The number of rotatable bonds is 4. The maximum Gasteiger partial charge on any atom is 0.0252 e. The largest absolute Gasteiger partial charge is 0.309 e. The lowest BCUT2D eigenvalue weighted by Crippen LogP contribution is -2.62. The van der Waals surface area contributed by atoms with Crippen LogP contribution >= 0.6 is 0 Å². The number of hydrogen-bond acceptors (Lipinski definition) is 3. The number of likely N-dealkylation sites (tertiary alicyclic amines) is 1. The van der Waals surface area contributed by atoms with Crippen molar-refractivity contribution in [1.29, 1.82) is 0 Å². The van der Waals surface area contributed by atoms with Crippen molar-refractivity contribution < 1.29 is 0 Å². The van der Waals surface area contributed by atoms with Gasteiger partial charge in [-0.05, 0) is 58.7 Å². The van der Waals surface area contributed by atoms with Gasteiger partial charge in [0.2, 0.25) is 0 Å². The molecule has 2 aliphatic heterocycles. The van der Waals surface area contributed by atoms with Crippen LogP contribution in [0, 0.1) is 5.92 Å². The van der Waals surface area contributed by atoms with E-state index in [-0.39, 0.29) is 5.54 Å². The van der Waals surface area contributed by atoms with E-state index in [2.05, 4.69) is 42.8 Å². The first-order chi connectivity index (χ1) is 9.04. The topological polar surface area (TPSA) is 18.5 Å². The van der Waals surface area contributed by atoms with Crippen LogP contribution in [0.15, 0.2) is 0 Å². The fourth-order valence-electron chi connectivity index (χ4n) is 3.65. The van der Waals surface area contributed by atoms with Crippen LogP contribution in [-0.2, 0) is 0 Å². The van der Waals surface area contributed by atoms with Crippen molar-refractivity contribution in [3.8, 4) is 0 Å². The van der Waals surface area contributed by atoms with Gasteiger partial charge < -0.3 is 10.2 Å². The summed E-state index contributed by atoms with van der Waals surface area (Å²) >= 11 is 0. The van der Waals surface area contributed by atoms with Crippen molar-refractivity contribution >= 4 is 0 Å². The molecule has 0 aliphatic carbocycles. The minimum atomic E-state index is 0.287. The van der Waals surface area contributed by atoms with Crippen molar-refractivity contribution in [1.82, 2.24) is 15.1 Å². The molecule has 2 saturated heterocycles. The Labute approximate surface area is 119 Å². The van der Waals surface area contributed by atoms with Crippen LogP contribution in [0.1, 0.15) is 47.0 Å². The standard InChI is InChI=1S/C16H33N3/c1-5-15-11-17-16(3,4)13-19(15)12-14-7-9-18(6-2)10-8-14/h14-15,17H,5-13H2,1-4H3. The highest BCUT2D eigenvalue weighted by Gasteiger charge is 2.33. The number of piperazine rings is 1. The molecule has 0 aromatic carbocycles. The predicted octanol–water partition coefficient (Wildman–Crippen LogP) is 2.18. The SMILES string of the molecule is CCC1CNC(C)(C)CN1CC1CCN(CC)CC1. The molecule has 0 aromatic rings. The predicted molar refractivity (Wildman–Crippen MR) is 82.6 cm³/mol. The third-order valence-corrected chi connectivity index (χ3v) is 5.05. The third-order valence-electron chi connectivity index (χ3n) is 5.05. The smallest absolute Gasteiger partial charge is 0.0252 e. The van der Waals surface area contributed by atoms with E-state index in [0.29, 0.717) is 0 Å². The van der Waals surface area contributed by atoms with Crippen molar-refractivity contribution in [3.05, 3.63) is 0 Å². The van der Waals surface area contributed by atoms with E-state index in [9.17, 15) is 0 Å². The summed E-state index contributed by atoms with van der Waals surface area (Å²) in [6.07, 6.45) is 4.07. The van der Waals surface area contributed by atoms with E-state index in [0.717, 1.165) is 18.5 Å². The molecule has 1 unspecified atom stereocenters. The molecule has 2 aliphatic rings. The highest BCUT2D eigenvalue weighted by Crippen LogP contribution is 2.23. The fraction of sp³-hybridized carbons (Fsp3) is 1.00. The van der Waals surface area contributed by atoms with Gasteiger partial charge in [-0.1, -0.05) is 13.8 Å². The van der Waals surface area contributed by atoms with E-state index < -0.39 is 0 Å². The van der Waals surface area contributed by atoms with Crippen LogP contribution in [0.4, 0.5) is 0 Å². The first-order valence-corrected chi connectivity index (χ1v) is 8.25. The van der Waals surface area contributed by atoms with E-state index in [1.807, 2.05) is 0 Å². The van der Waals surface area contributed by atoms with Gasteiger partial charge in [0.05, 0.1) is 0 Å². The molecule has 0 bridgehead atoms. The van der Waals surface area contributed by atoms with E-state index >= 15 is 0 Å². The Morgan fingerprint density at radius 3 is 2.42 bits per heavy atom. The number of nitrogens with one attached hydrogen (secondary N) is 1. The first kappa shape index (κ1) is 15.3. The van der Waals surface area contributed by atoms with Gasteiger partial charge in [0, 0.05) is 31.2 Å². The average molecular weight is 267 g/mol. The van der Waals surface area contributed by atoms with Gasteiger partial charge in [0.15, 0.2) is 0 Å². The minimum absolute atomic E-state index is 0.287. The highest BCUT2D eigenvalue weighted by atomic mass is 15.3. The van der Waals surface area contributed by atoms with Gasteiger partial charge >= 0.3 is 0 Å². The Morgan fingerprint density at radius 1 is 1.16 bits per heavy atom. The van der Waals surface area contributed by atoms with E-state index in [1.165, 1.54) is 52.0 Å². The Hall–Kier alpha value is -0.120. The Kier molecular flexibility index (Phi) is 5.27. The summed E-state index contributed by atoms with van der Waals surface area (Å²) in [6.45, 7) is 16.8. The second-order valence-electron chi connectivity index (χ2n) is 7.13. The van der Waals surface area contributed by atoms with Crippen LogP contribution in [0.5, 0.6) is 0 Å². The van der Waals surface area contributed by atoms with Gasteiger partial charge in [-0.15, -0.1) is 0 Å². The summed E-state index contributed by atoms with van der Waals surface area (Å²) in [5.41, 5.74) is 0.287. The normalized spacial score (nSPS) is 30.6. The lowest BCUT2D eigenvalue weighted by Gasteiger charge is -2.46. The van der Waals surface area contributed by atoms with Gasteiger partial charge in [-0.25, -0.2) is 0 Å². The second kappa shape index (κ2) is 6.55. The zero-order chi connectivity index (χ0) is 13.9. The third kappa shape index (κ3) is 4.17. The summed E-state index contributed by atoms with van der Waals surface area (Å²) in [7, 11) is 0. The molecule has 2 heterocycles. The summed E-state index contributed by atoms with van der Waals surface area (Å²) in [5.74, 6) is 0.922. The lowest BCUT2D eigenvalue weighted by molar-refractivity contribution is 0.0610. The average Bonchev–Trinajstić information content (AvgIpc) is 2.39. The summed E-state index contributed by atoms with van der Waals surface area (Å²) < 4.78 is 0. The molecule has 112 valence electrons. The maximum atomic E-state index is 3.69. The molecule has 0 aromatic heterocycles. The molecule has 3 heteroatoms. The van der Waals surface area contributed by atoms with Crippen LogP contribution in [-0.4, -0.2) is 60.6 Å².